The van der Waals surface area contributed by atoms with Crippen LogP contribution in [0.2, 0.25) is 5.02 Å². The lowest BCUT2D eigenvalue weighted by Gasteiger charge is -2.23. The molecule has 1 aliphatic heterocycles. The number of hydrogen-bond donors (Lipinski definition) is 0. The van der Waals surface area contributed by atoms with Gasteiger partial charge >= 0.3 is 0 Å². The molecule has 0 radical (unpaired) electrons. The number of rotatable bonds is 4. The number of halogens is 1. The van der Waals surface area contributed by atoms with E-state index in [4.69, 9.17) is 11.6 Å². The lowest BCUT2D eigenvalue weighted by Crippen LogP contribution is -2.27. The van der Waals surface area contributed by atoms with Crippen LogP contribution in [0.3, 0.4) is 0 Å². The van der Waals surface area contributed by atoms with Crippen LogP contribution in [0.25, 0.3) is 0 Å². The predicted molar refractivity (Wildman–Crippen MR) is 112 cm³/mol. The average molecular weight is 411 g/mol. The van der Waals surface area contributed by atoms with Crippen molar-refractivity contribution in [1.29, 1.82) is 0 Å². The van der Waals surface area contributed by atoms with Gasteiger partial charge in [0.1, 0.15) is 0 Å². The molecule has 0 aliphatic carbocycles. The quantitative estimate of drug-likeness (QED) is 0.594. The highest BCUT2D eigenvalue weighted by atomic mass is 35.5. The van der Waals surface area contributed by atoms with Crippen LogP contribution < -0.4 is 0 Å². The van der Waals surface area contributed by atoms with Gasteiger partial charge in [-0.2, -0.15) is 17.9 Å². The summed E-state index contributed by atoms with van der Waals surface area (Å²) in [4.78, 5) is 0.225. The maximum Gasteiger partial charge on any atom is 0.279 e. The summed E-state index contributed by atoms with van der Waals surface area (Å²) in [5, 5.41) is 5.08. The van der Waals surface area contributed by atoms with Gasteiger partial charge in [0, 0.05) is 17.0 Å². The summed E-state index contributed by atoms with van der Waals surface area (Å²) in [6.07, 6.45) is 0.457. The fourth-order valence-corrected chi connectivity index (χ4v) is 4.99. The van der Waals surface area contributed by atoms with E-state index in [0.29, 0.717) is 17.2 Å². The Morgan fingerprint density at radius 1 is 0.929 bits per heavy atom. The molecule has 142 valence electrons. The highest BCUT2D eigenvalue weighted by Gasteiger charge is 2.38. The molecule has 1 aliphatic rings. The molecule has 0 fully saturated rings. The second-order valence-electron chi connectivity index (χ2n) is 6.75. The molecule has 0 amide bonds. The molecule has 0 saturated heterocycles. The zero-order valence-corrected chi connectivity index (χ0v) is 16.9. The summed E-state index contributed by atoms with van der Waals surface area (Å²) in [5.41, 5.74) is 3.31. The van der Waals surface area contributed by atoms with Crippen molar-refractivity contribution in [3.63, 3.8) is 0 Å². The molecule has 1 atom stereocenters. The van der Waals surface area contributed by atoms with E-state index in [0.717, 1.165) is 16.7 Å². The molecule has 6 heteroatoms. The maximum atomic E-state index is 13.4. The third-order valence-corrected chi connectivity index (χ3v) is 6.83. The van der Waals surface area contributed by atoms with Crippen molar-refractivity contribution in [3.8, 4) is 0 Å². The first-order valence-corrected chi connectivity index (χ1v) is 10.8. The van der Waals surface area contributed by atoms with Gasteiger partial charge in [-0.3, -0.25) is 0 Å². The SMILES string of the molecule is Cc1ccc(S(=O)(=O)N2N=C(c3ccccc3Cl)CC2c2ccccc2)cc1. The van der Waals surface area contributed by atoms with E-state index in [1.54, 1.807) is 30.3 Å². The Morgan fingerprint density at radius 2 is 1.57 bits per heavy atom. The van der Waals surface area contributed by atoms with Gasteiger partial charge in [0.05, 0.1) is 16.6 Å². The molecule has 0 aromatic heterocycles. The largest absolute Gasteiger partial charge is 0.279 e. The van der Waals surface area contributed by atoms with Crippen LogP contribution in [0, 0.1) is 6.92 Å². The third kappa shape index (κ3) is 3.43. The fourth-order valence-electron chi connectivity index (χ4n) is 3.31. The van der Waals surface area contributed by atoms with Gasteiger partial charge in [-0.25, -0.2) is 0 Å². The normalized spacial score (nSPS) is 16.9. The molecule has 4 nitrogen and oxygen atoms in total. The molecule has 4 rings (SSSR count). The Kier molecular flexibility index (Phi) is 4.96. The van der Waals surface area contributed by atoms with Crippen LogP contribution in [0.1, 0.15) is 29.2 Å². The first-order valence-electron chi connectivity index (χ1n) is 8.95. The minimum atomic E-state index is -3.80. The number of aryl methyl sites for hydroxylation is 1. The summed E-state index contributed by atoms with van der Waals surface area (Å²) < 4.78 is 28.0. The Hall–Kier alpha value is -2.63. The van der Waals surface area contributed by atoms with Crippen molar-refractivity contribution in [2.75, 3.05) is 0 Å². The van der Waals surface area contributed by atoms with Gasteiger partial charge in [-0.1, -0.05) is 77.8 Å². The van der Waals surface area contributed by atoms with Crippen LogP contribution in [0.4, 0.5) is 0 Å². The van der Waals surface area contributed by atoms with Crippen molar-refractivity contribution in [2.24, 2.45) is 5.10 Å². The van der Waals surface area contributed by atoms with E-state index in [1.807, 2.05) is 55.5 Å². The second kappa shape index (κ2) is 7.41. The number of benzene rings is 3. The van der Waals surface area contributed by atoms with E-state index < -0.39 is 16.1 Å². The van der Waals surface area contributed by atoms with E-state index in [9.17, 15) is 8.42 Å². The van der Waals surface area contributed by atoms with Crippen molar-refractivity contribution < 1.29 is 8.42 Å². The summed E-state index contributed by atoms with van der Waals surface area (Å²) in [5.74, 6) is 0. The van der Waals surface area contributed by atoms with Crippen LogP contribution in [0.5, 0.6) is 0 Å². The zero-order chi connectivity index (χ0) is 19.7. The van der Waals surface area contributed by atoms with Gasteiger partial charge in [0.15, 0.2) is 0 Å². The van der Waals surface area contributed by atoms with E-state index in [-0.39, 0.29) is 4.90 Å². The van der Waals surface area contributed by atoms with Crippen LogP contribution >= 0.6 is 11.6 Å². The molecule has 0 spiro atoms. The Morgan fingerprint density at radius 3 is 2.25 bits per heavy atom. The van der Waals surface area contributed by atoms with Gasteiger partial charge in [-0.05, 0) is 30.7 Å². The molecule has 1 unspecified atom stereocenters. The van der Waals surface area contributed by atoms with Crippen molar-refractivity contribution >= 4 is 27.3 Å². The third-order valence-electron chi connectivity index (χ3n) is 4.81. The number of nitrogens with zero attached hydrogens (tertiary/aromatic N) is 2. The van der Waals surface area contributed by atoms with Crippen molar-refractivity contribution in [3.05, 3.63) is 101 Å². The highest BCUT2D eigenvalue weighted by molar-refractivity contribution is 7.89. The molecule has 0 saturated carbocycles. The molecule has 28 heavy (non-hydrogen) atoms. The van der Waals surface area contributed by atoms with Crippen LogP contribution in [-0.2, 0) is 10.0 Å². The first kappa shape index (κ1) is 18.7. The summed E-state index contributed by atoms with van der Waals surface area (Å²) in [6, 6.07) is 23.3. The predicted octanol–water partition coefficient (Wildman–Crippen LogP) is 5.19. The fraction of sp³-hybridized carbons (Fsp3) is 0.136. The molecule has 0 N–H and O–H groups in total. The summed E-state index contributed by atoms with van der Waals surface area (Å²) in [7, 11) is -3.80. The molecular weight excluding hydrogens is 392 g/mol. The Bertz CT molecular complexity index is 1130. The highest BCUT2D eigenvalue weighted by Crippen LogP contribution is 2.38. The van der Waals surface area contributed by atoms with Crippen molar-refractivity contribution in [2.45, 2.75) is 24.3 Å². The molecule has 0 bridgehead atoms. The van der Waals surface area contributed by atoms with E-state index >= 15 is 0 Å². The lowest BCUT2D eigenvalue weighted by atomic mass is 9.99. The standard InChI is InChI=1S/C22H19ClN2O2S/c1-16-11-13-18(14-12-16)28(26,27)25-22(17-7-3-2-4-8-17)15-21(24-25)19-9-5-6-10-20(19)23/h2-14,22H,15H2,1H3. The van der Waals surface area contributed by atoms with E-state index in [1.165, 1.54) is 4.41 Å². The van der Waals surface area contributed by atoms with Gasteiger partial charge in [0.25, 0.3) is 10.0 Å². The van der Waals surface area contributed by atoms with Gasteiger partial charge in [0.2, 0.25) is 0 Å². The monoisotopic (exact) mass is 410 g/mol. The molecule has 3 aromatic carbocycles. The molecule has 1 heterocycles. The maximum absolute atomic E-state index is 13.4. The second-order valence-corrected chi connectivity index (χ2v) is 8.95. The molecule has 3 aromatic rings. The number of hydrazone groups is 1. The number of hydrogen-bond acceptors (Lipinski definition) is 3. The minimum Gasteiger partial charge on any atom is -0.200 e. The lowest BCUT2D eigenvalue weighted by molar-refractivity contribution is 0.371. The first-order chi connectivity index (χ1) is 13.5. The van der Waals surface area contributed by atoms with Gasteiger partial charge < -0.3 is 0 Å². The molecular formula is C22H19ClN2O2S. The van der Waals surface area contributed by atoms with Gasteiger partial charge in [-0.15, -0.1) is 0 Å². The van der Waals surface area contributed by atoms with Crippen LogP contribution in [-0.4, -0.2) is 18.5 Å². The van der Waals surface area contributed by atoms with Crippen molar-refractivity contribution in [1.82, 2.24) is 4.41 Å². The minimum absolute atomic E-state index is 0.225. The summed E-state index contributed by atoms with van der Waals surface area (Å²) in [6.45, 7) is 1.92. The van der Waals surface area contributed by atoms with E-state index in [2.05, 4.69) is 5.10 Å². The Labute approximate surface area is 170 Å². The topological polar surface area (TPSA) is 49.7 Å². The Balaban J connectivity index is 1.82. The smallest absolute Gasteiger partial charge is 0.200 e. The summed E-state index contributed by atoms with van der Waals surface area (Å²) >= 11 is 6.35. The average Bonchev–Trinajstić information content (AvgIpc) is 3.15. The zero-order valence-electron chi connectivity index (χ0n) is 15.3. The number of sulfonamides is 1. The van der Waals surface area contributed by atoms with Crippen LogP contribution in [0.15, 0.2) is 88.9 Å².